The van der Waals surface area contributed by atoms with Crippen molar-refractivity contribution < 1.29 is 38.5 Å². The number of hydrogen-bond donors (Lipinski definition) is 2. The van der Waals surface area contributed by atoms with Crippen LogP contribution in [-0.2, 0) is 27.5 Å². The molecule has 0 bridgehead atoms. The fourth-order valence-electron chi connectivity index (χ4n) is 2.77. The molecule has 0 aliphatic heterocycles. The highest BCUT2D eigenvalue weighted by Crippen LogP contribution is 2.18. The van der Waals surface area contributed by atoms with Gasteiger partial charge in [0.15, 0.2) is 6.17 Å². The molecule has 0 aliphatic rings. The Morgan fingerprint density at radius 3 is 1.94 bits per heavy atom. The molecule has 2 aromatic carbocycles. The van der Waals surface area contributed by atoms with Gasteiger partial charge in [0.2, 0.25) is 0 Å². The van der Waals surface area contributed by atoms with Gasteiger partial charge in [-0.05, 0) is 35.4 Å². The second kappa shape index (κ2) is 12.5. The normalized spacial score (nSPS) is 13.9. The van der Waals surface area contributed by atoms with Crippen molar-refractivity contribution in [3.8, 4) is 0 Å². The van der Waals surface area contributed by atoms with Crippen LogP contribution in [0, 0.1) is 5.92 Å². The molecule has 0 radical (unpaired) electrons. The van der Waals surface area contributed by atoms with E-state index in [4.69, 9.17) is 19.7 Å². The first-order valence-electron chi connectivity index (χ1n) is 9.88. The van der Waals surface area contributed by atoms with E-state index in [1.54, 1.807) is 31.2 Å². The van der Waals surface area contributed by atoms with Crippen LogP contribution >= 0.6 is 0 Å². The maximum Gasteiger partial charge on any atom is 0.338 e. The SMILES string of the molecule is CO/N=C\[C@@H](F)[C@H](OC(=O)c1ccc(CO)cc1)[C@@H](C)COC(=O)c1ccc(CO)cc1. The lowest BCUT2D eigenvalue weighted by Gasteiger charge is -2.25. The number of halogens is 1. The van der Waals surface area contributed by atoms with Gasteiger partial charge < -0.3 is 24.5 Å². The largest absolute Gasteiger partial charge is 0.462 e. The molecule has 0 aromatic heterocycles. The first-order chi connectivity index (χ1) is 15.4. The Labute approximate surface area is 185 Å². The average molecular weight is 447 g/mol. The lowest BCUT2D eigenvalue weighted by molar-refractivity contribution is -0.0165. The molecule has 0 unspecified atom stereocenters. The maximum absolute atomic E-state index is 14.7. The molecule has 9 heteroatoms. The Hall–Kier alpha value is -3.30. The van der Waals surface area contributed by atoms with Crippen LogP contribution in [0.4, 0.5) is 4.39 Å². The molecule has 0 heterocycles. The minimum atomic E-state index is -1.81. The number of nitrogens with zero attached hydrogens (tertiary/aromatic N) is 1. The second-order valence-electron chi connectivity index (χ2n) is 7.04. The van der Waals surface area contributed by atoms with E-state index in [-0.39, 0.29) is 30.9 Å². The highest BCUT2D eigenvalue weighted by molar-refractivity contribution is 5.90. The van der Waals surface area contributed by atoms with Gasteiger partial charge in [-0.15, -0.1) is 0 Å². The van der Waals surface area contributed by atoms with E-state index in [0.29, 0.717) is 11.1 Å². The van der Waals surface area contributed by atoms with Gasteiger partial charge in [-0.1, -0.05) is 36.3 Å². The molecular formula is C23H26FNO7. The van der Waals surface area contributed by atoms with Crippen LogP contribution in [0.1, 0.15) is 38.8 Å². The van der Waals surface area contributed by atoms with E-state index in [2.05, 4.69) is 9.99 Å². The van der Waals surface area contributed by atoms with E-state index < -0.39 is 30.1 Å². The van der Waals surface area contributed by atoms with Crippen LogP contribution in [0.3, 0.4) is 0 Å². The van der Waals surface area contributed by atoms with Crippen molar-refractivity contribution in [2.45, 2.75) is 32.4 Å². The summed E-state index contributed by atoms with van der Waals surface area (Å²) in [6, 6.07) is 12.2. The molecule has 0 spiro atoms. The minimum absolute atomic E-state index is 0.150. The molecule has 32 heavy (non-hydrogen) atoms. The van der Waals surface area contributed by atoms with Crippen molar-refractivity contribution in [3.05, 3.63) is 70.8 Å². The summed E-state index contributed by atoms with van der Waals surface area (Å²) in [5.74, 6) is -2.12. The Balaban J connectivity index is 2.07. The van der Waals surface area contributed by atoms with E-state index >= 15 is 0 Å². The summed E-state index contributed by atoms with van der Waals surface area (Å²) in [4.78, 5) is 29.3. The van der Waals surface area contributed by atoms with Crippen LogP contribution in [-0.4, -0.2) is 54.4 Å². The Kier molecular flexibility index (Phi) is 9.77. The number of carbonyl (C=O) groups excluding carboxylic acids is 2. The Morgan fingerprint density at radius 2 is 1.47 bits per heavy atom. The first kappa shape index (κ1) is 25.0. The second-order valence-corrected chi connectivity index (χ2v) is 7.04. The zero-order valence-corrected chi connectivity index (χ0v) is 17.8. The Morgan fingerprint density at radius 1 is 0.969 bits per heavy atom. The van der Waals surface area contributed by atoms with Gasteiger partial charge in [-0.2, -0.15) is 0 Å². The topological polar surface area (TPSA) is 115 Å². The van der Waals surface area contributed by atoms with Gasteiger partial charge in [0.05, 0.1) is 37.2 Å². The molecule has 0 saturated carbocycles. The molecular weight excluding hydrogens is 421 g/mol. The zero-order chi connectivity index (χ0) is 23.5. The lowest BCUT2D eigenvalue weighted by atomic mass is 10.0. The van der Waals surface area contributed by atoms with Gasteiger partial charge in [0, 0.05) is 5.92 Å². The summed E-state index contributed by atoms with van der Waals surface area (Å²) in [6.07, 6.45) is -2.25. The molecule has 0 aliphatic carbocycles. The fourth-order valence-corrected chi connectivity index (χ4v) is 2.77. The standard InChI is InChI=1S/C23H26FNO7/c1-15(14-31-22(28)18-7-3-16(12-26)4-8-18)21(20(24)11-25-30-2)32-23(29)19-9-5-17(13-27)6-10-19/h3-11,15,20-21,26-27H,12-14H2,1-2H3/b25-11-/t15-,20+,21+/m0/s1. The Bertz CT molecular complexity index is 900. The van der Waals surface area contributed by atoms with Crippen LogP contribution in [0.15, 0.2) is 53.7 Å². The van der Waals surface area contributed by atoms with E-state index in [9.17, 15) is 14.0 Å². The van der Waals surface area contributed by atoms with Crippen LogP contribution < -0.4 is 0 Å². The smallest absolute Gasteiger partial charge is 0.338 e. The quantitative estimate of drug-likeness (QED) is 0.309. The highest BCUT2D eigenvalue weighted by atomic mass is 19.1. The minimum Gasteiger partial charge on any atom is -0.462 e. The predicted molar refractivity (Wildman–Crippen MR) is 114 cm³/mol. The molecule has 3 atom stereocenters. The summed E-state index contributed by atoms with van der Waals surface area (Å²) in [5.41, 5.74) is 1.70. The molecule has 8 nitrogen and oxygen atoms in total. The third-order valence-corrected chi connectivity index (χ3v) is 4.65. The van der Waals surface area contributed by atoms with Gasteiger partial charge in [0.25, 0.3) is 0 Å². The number of aliphatic hydroxyl groups excluding tert-OH is 2. The third-order valence-electron chi connectivity index (χ3n) is 4.65. The van der Waals surface area contributed by atoms with Crippen molar-refractivity contribution >= 4 is 18.2 Å². The van der Waals surface area contributed by atoms with E-state index in [1.807, 2.05) is 0 Å². The van der Waals surface area contributed by atoms with Crippen molar-refractivity contribution in [1.29, 1.82) is 0 Å². The molecule has 0 amide bonds. The third kappa shape index (κ3) is 7.14. The molecule has 2 aromatic rings. The van der Waals surface area contributed by atoms with Crippen molar-refractivity contribution in [2.75, 3.05) is 13.7 Å². The van der Waals surface area contributed by atoms with Crippen molar-refractivity contribution in [3.63, 3.8) is 0 Å². The number of hydrogen-bond acceptors (Lipinski definition) is 8. The van der Waals surface area contributed by atoms with Crippen molar-refractivity contribution in [1.82, 2.24) is 0 Å². The van der Waals surface area contributed by atoms with E-state index in [1.165, 1.54) is 31.4 Å². The molecule has 172 valence electrons. The maximum atomic E-state index is 14.7. The lowest BCUT2D eigenvalue weighted by Crippen LogP contribution is -2.37. The van der Waals surface area contributed by atoms with Crippen LogP contribution in [0.25, 0.3) is 0 Å². The summed E-state index contributed by atoms with van der Waals surface area (Å²) >= 11 is 0. The summed E-state index contributed by atoms with van der Waals surface area (Å²) in [7, 11) is 1.25. The number of alkyl halides is 1. The number of esters is 2. The fraction of sp³-hybridized carbons (Fsp3) is 0.348. The van der Waals surface area contributed by atoms with Crippen molar-refractivity contribution in [2.24, 2.45) is 11.1 Å². The van der Waals surface area contributed by atoms with E-state index in [0.717, 1.165) is 6.21 Å². The summed E-state index contributed by atoms with van der Waals surface area (Å²) in [6.45, 7) is 1.03. The number of carbonyl (C=O) groups is 2. The van der Waals surface area contributed by atoms with Gasteiger partial charge in [0.1, 0.15) is 13.2 Å². The number of aliphatic hydroxyl groups is 2. The highest BCUT2D eigenvalue weighted by Gasteiger charge is 2.31. The van der Waals surface area contributed by atoms with Gasteiger partial charge in [-0.3, -0.25) is 0 Å². The van der Waals surface area contributed by atoms with Crippen LogP contribution in [0.5, 0.6) is 0 Å². The van der Waals surface area contributed by atoms with Crippen LogP contribution in [0.2, 0.25) is 0 Å². The predicted octanol–water partition coefficient (Wildman–Crippen LogP) is 2.66. The van der Waals surface area contributed by atoms with Gasteiger partial charge in [-0.25, -0.2) is 14.0 Å². The number of ether oxygens (including phenoxy) is 2. The molecule has 2 N–H and O–H groups in total. The molecule has 2 rings (SSSR count). The van der Waals surface area contributed by atoms with Gasteiger partial charge >= 0.3 is 11.9 Å². The summed E-state index contributed by atoms with van der Waals surface area (Å²) < 4.78 is 25.3. The first-order valence-corrected chi connectivity index (χ1v) is 9.88. The molecule has 0 saturated heterocycles. The summed E-state index contributed by atoms with van der Waals surface area (Å²) in [5, 5.41) is 21.6. The zero-order valence-electron chi connectivity index (χ0n) is 17.8. The number of rotatable bonds is 11. The number of oxime groups is 1. The molecule has 0 fully saturated rings. The number of benzene rings is 2. The monoisotopic (exact) mass is 447 g/mol. The average Bonchev–Trinajstić information content (AvgIpc) is 2.83.